The SMILES string of the molecule is CC(C)CC(=O)Cc1nc(-c2ccncn2)no1. The highest BCUT2D eigenvalue weighted by molar-refractivity contribution is 5.80. The van der Waals surface area contributed by atoms with E-state index in [-0.39, 0.29) is 12.2 Å². The first kappa shape index (κ1) is 12.3. The van der Waals surface area contributed by atoms with Crippen LogP contribution in [0, 0.1) is 5.92 Å². The summed E-state index contributed by atoms with van der Waals surface area (Å²) in [6.45, 7) is 4.00. The van der Waals surface area contributed by atoms with Gasteiger partial charge >= 0.3 is 0 Å². The molecular formula is C12H14N4O2. The van der Waals surface area contributed by atoms with Crippen molar-refractivity contribution in [3.8, 4) is 11.5 Å². The summed E-state index contributed by atoms with van der Waals surface area (Å²) in [6, 6.07) is 1.69. The molecule has 2 heterocycles. The van der Waals surface area contributed by atoms with Gasteiger partial charge in [-0.3, -0.25) is 4.79 Å². The van der Waals surface area contributed by atoms with Crippen LogP contribution >= 0.6 is 0 Å². The number of ketones is 1. The molecule has 0 aliphatic carbocycles. The van der Waals surface area contributed by atoms with Crippen LogP contribution in [0.5, 0.6) is 0 Å². The van der Waals surface area contributed by atoms with Gasteiger partial charge in [0.25, 0.3) is 0 Å². The first-order valence-electron chi connectivity index (χ1n) is 5.76. The molecule has 0 unspecified atom stereocenters. The van der Waals surface area contributed by atoms with Gasteiger partial charge in [0.1, 0.15) is 17.8 Å². The second-order valence-electron chi connectivity index (χ2n) is 4.42. The Hall–Kier alpha value is -2.11. The van der Waals surface area contributed by atoms with Crippen molar-refractivity contribution in [2.45, 2.75) is 26.7 Å². The Morgan fingerprint density at radius 3 is 2.94 bits per heavy atom. The van der Waals surface area contributed by atoms with Crippen LogP contribution in [0.4, 0.5) is 0 Å². The summed E-state index contributed by atoms with van der Waals surface area (Å²) >= 11 is 0. The monoisotopic (exact) mass is 246 g/mol. The summed E-state index contributed by atoms with van der Waals surface area (Å²) in [5, 5.41) is 3.79. The fraction of sp³-hybridized carbons (Fsp3) is 0.417. The van der Waals surface area contributed by atoms with Gasteiger partial charge in [0, 0.05) is 12.6 Å². The maximum absolute atomic E-state index is 11.6. The van der Waals surface area contributed by atoms with Crippen LogP contribution in [0.2, 0.25) is 0 Å². The summed E-state index contributed by atoms with van der Waals surface area (Å²) in [7, 11) is 0. The van der Waals surface area contributed by atoms with Gasteiger partial charge in [-0.2, -0.15) is 4.98 Å². The van der Waals surface area contributed by atoms with Crippen molar-refractivity contribution in [2.24, 2.45) is 5.92 Å². The van der Waals surface area contributed by atoms with E-state index in [0.717, 1.165) is 0 Å². The quantitative estimate of drug-likeness (QED) is 0.798. The molecule has 0 spiro atoms. The van der Waals surface area contributed by atoms with Crippen molar-refractivity contribution in [1.82, 2.24) is 20.1 Å². The first-order valence-corrected chi connectivity index (χ1v) is 5.76. The number of carbonyl (C=O) groups excluding carboxylic acids is 1. The number of nitrogens with zero attached hydrogens (tertiary/aromatic N) is 4. The molecule has 0 fully saturated rings. The van der Waals surface area contributed by atoms with Gasteiger partial charge in [-0.05, 0) is 12.0 Å². The zero-order valence-electron chi connectivity index (χ0n) is 10.3. The van der Waals surface area contributed by atoms with Crippen molar-refractivity contribution in [1.29, 1.82) is 0 Å². The highest BCUT2D eigenvalue weighted by Crippen LogP contribution is 2.12. The molecule has 2 aromatic rings. The molecule has 94 valence electrons. The minimum absolute atomic E-state index is 0.0999. The van der Waals surface area contributed by atoms with Crippen LogP contribution in [-0.4, -0.2) is 25.9 Å². The predicted octanol–water partition coefficient (Wildman–Crippen LogP) is 1.68. The van der Waals surface area contributed by atoms with Crippen LogP contribution in [-0.2, 0) is 11.2 Å². The average molecular weight is 246 g/mol. The third-order valence-corrected chi connectivity index (χ3v) is 2.26. The molecule has 0 N–H and O–H groups in total. The molecule has 18 heavy (non-hydrogen) atoms. The van der Waals surface area contributed by atoms with E-state index < -0.39 is 0 Å². The maximum atomic E-state index is 11.6. The van der Waals surface area contributed by atoms with Gasteiger partial charge in [0.2, 0.25) is 11.7 Å². The van der Waals surface area contributed by atoms with Gasteiger partial charge in [-0.15, -0.1) is 0 Å². The van der Waals surface area contributed by atoms with Gasteiger partial charge in [-0.1, -0.05) is 19.0 Å². The Kier molecular flexibility index (Phi) is 3.76. The number of rotatable bonds is 5. The maximum Gasteiger partial charge on any atom is 0.234 e. The fourth-order valence-electron chi connectivity index (χ4n) is 1.55. The molecule has 6 heteroatoms. The Balaban J connectivity index is 2.05. The van der Waals surface area contributed by atoms with Crippen LogP contribution in [0.3, 0.4) is 0 Å². The van der Waals surface area contributed by atoms with Crippen molar-refractivity contribution in [3.63, 3.8) is 0 Å². The lowest BCUT2D eigenvalue weighted by molar-refractivity contribution is -0.119. The fourth-order valence-corrected chi connectivity index (χ4v) is 1.55. The van der Waals surface area contributed by atoms with Gasteiger partial charge < -0.3 is 4.52 Å². The number of hydrogen-bond donors (Lipinski definition) is 0. The van der Waals surface area contributed by atoms with E-state index >= 15 is 0 Å². The average Bonchev–Trinajstić information content (AvgIpc) is 2.77. The highest BCUT2D eigenvalue weighted by Gasteiger charge is 2.13. The van der Waals surface area contributed by atoms with Crippen molar-refractivity contribution in [2.75, 3.05) is 0 Å². The zero-order chi connectivity index (χ0) is 13.0. The van der Waals surface area contributed by atoms with Crippen LogP contribution < -0.4 is 0 Å². The van der Waals surface area contributed by atoms with Crippen molar-refractivity contribution < 1.29 is 9.32 Å². The second kappa shape index (κ2) is 5.48. The van der Waals surface area contributed by atoms with Crippen LogP contribution in [0.15, 0.2) is 23.1 Å². The molecule has 0 aromatic carbocycles. The van der Waals surface area contributed by atoms with E-state index in [1.165, 1.54) is 6.33 Å². The molecule has 0 aliphatic heterocycles. The standard InChI is InChI=1S/C12H14N4O2/c1-8(2)5-9(17)6-11-15-12(16-18-11)10-3-4-13-7-14-10/h3-4,7-8H,5-6H2,1-2H3. The molecule has 0 saturated heterocycles. The zero-order valence-corrected chi connectivity index (χ0v) is 10.3. The van der Waals surface area contributed by atoms with E-state index in [1.54, 1.807) is 12.3 Å². The summed E-state index contributed by atoms with van der Waals surface area (Å²) in [4.78, 5) is 23.6. The van der Waals surface area contributed by atoms with Crippen LogP contribution in [0.1, 0.15) is 26.2 Å². The lowest BCUT2D eigenvalue weighted by Crippen LogP contribution is -2.06. The lowest BCUT2D eigenvalue weighted by Gasteiger charge is -2.00. The number of hydrogen-bond acceptors (Lipinski definition) is 6. The van der Waals surface area contributed by atoms with Crippen molar-refractivity contribution in [3.05, 3.63) is 24.5 Å². The normalized spacial score (nSPS) is 10.8. The molecule has 0 saturated carbocycles. The predicted molar refractivity (Wildman–Crippen MR) is 63.5 cm³/mol. The summed E-state index contributed by atoms with van der Waals surface area (Å²) in [6.07, 6.45) is 3.71. The number of carbonyl (C=O) groups is 1. The summed E-state index contributed by atoms with van der Waals surface area (Å²) in [5.41, 5.74) is 0.580. The highest BCUT2D eigenvalue weighted by atomic mass is 16.5. The third-order valence-electron chi connectivity index (χ3n) is 2.26. The Bertz CT molecular complexity index is 522. The Labute approximate surface area is 104 Å². The van der Waals surface area contributed by atoms with Gasteiger partial charge in [-0.25, -0.2) is 9.97 Å². The molecule has 6 nitrogen and oxygen atoms in total. The molecular weight excluding hydrogens is 232 g/mol. The van der Waals surface area contributed by atoms with E-state index in [9.17, 15) is 4.79 Å². The Morgan fingerprint density at radius 2 is 2.28 bits per heavy atom. The van der Waals surface area contributed by atoms with E-state index in [4.69, 9.17) is 4.52 Å². The minimum Gasteiger partial charge on any atom is -0.338 e. The number of aromatic nitrogens is 4. The Morgan fingerprint density at radius 1 is 1.44 bits per heavy atom. The number of Topliss-reactive ketones (excluding diaryl/α,β-unsaturated/α-hetero) is 1. The largest absolute Gasteiger partial charge is 0.338 e. The summed E-state index contributed by atoms with van der Waals surface area (Å²) in [5.74, 6) is 1.14. The van der Waals surface area contributed by atoms with Gasteiger partial charge in [0.15, 0.2) is 0 Å². The van der Waals surface area contributed by atoms with E-state index in [0.29, 0.717) is 29.7 Å². The lowest BCUT2D eigenvalue weighted by atomic mass is 10.1. The van der Waals surface area contributed by atoms with E-state index in [1.807, 2.05) is 13.8 Å². The second-order valence-corrected chi connectivity index (χ2v) is 4.42. The topological polar surface area (TPSA) is 81.8 Å². The molecule has 0 bridgehead atoms. The van der Waals surface area contributed by atoms with Crippen LogP contribution in [0.25, 0.3) is 11.5 Å². The smallest absolute Gasteiger partial charge is 0.234 e. The van der Waals surface area contributed by atoms with E-state index in [2.05, 4.69) is 20.1 Å². The first-order chi connectivity index (χ1) is 8.65. The van der Waals surface area contributed by atoms with Crippen molar-refractivity contribution >= 4 is 5.78 Å². The van der Waals surface area contributed by atoms with Gasteiger partial charge in [0.05, 0.1) is 6.42 Å². The minimum atomic E-state index is 0.0999. The molecule has 0 aliphatic rings. The molecule has 0 atom stereocenters. The molecule has 0 radical (unpaired) electrons. The molecule has 0 amide bonds. The third kappa shape index (κ3) is 3.19. The molecule has 2 aromatic heterocycles. The molecule has 2 rings (SSSR count). The summed E-state index contributed by atoms with van der Waals surface area (Å²) < 4.78 is 5.03.